The molecule has 0 spiro atoms. The molecule has 2 aromatic carbocycles. The van der Waals surface area contributed by atoms with Crippen LogP contribution in [-0.4, -0.2) is 14.8 Å². The van der Waals surface area contributed by atoms with Gasteiger partial charge in [-0.2, -0.15) is 0 Å². The topological polar surface area (TPSA) is 30.7 Å². The highest BCUT2D eigenvalue weighted by molar-refractivity contribution is 7.99. The maximum Gasteiger partial charge on any atom is 0.196 e. The minimum atomic E-state index is -0.218. The van der Waals surface area contributed by atoms with E-state index >= 15 is 0 Å². The van der Waals surface area contributed by atoms with Crippen LogP contribution in [-0.2, 0) is 0 Å². The van der Waals surface area contributed by atoms with Crippen LogP contribution in [0.3, 0.4) is 0 Å². The molecule has 0 saturated heterocycles. The molecule has 0 fully saturated rings. The smallest absolute Gasteiger partial charge is 0.196 e. The summed E-state index contributed by atoms with van der Waals surface area (Å²) in [4.78, 5) is 0. The zero-order chi connectivity index (χ0) is 16.4. The van der Waals surface area contributed by atoms with Crippen LogP contribution in [0.4, 0.5) is 4.39 Å². The van der Waals surface area contributed by atoms with Gasteiger partial charge in [-0.05, 0) is 50.6 Å². The first-order chi connectivity index (χ1) is 11.0. The van der Waals surface area contributed by atoms with Crippen LogP contribution in [0.2, 0.25) is 0 Å². The van der Waals surface area contributed by atoms with Gasteiger partial charge in [0, 0.05) is 10.9 Å². The van der Waals surface area contributed by atoms with E-state index in [4.69, 9.17) is 0 Å². The Labute approximate surface area is 139 Å². The Balaban J connectivity index is 1.89. The van der Waals surface area contributed by atoms with Gasteiger partial charge in [0.2, 0.25) is 0 Å². The molecule has 0 aliphatic heterocycles. The van der Waals surface area contributed by atoms with E-state index in [1.165, 1.54) is 17.7 Å². The minimum Gasteiger partial charge on any atom is -0.274 e. The van der Waals surface area contributed by atoms with Crippen molar-refractivity contribution in [3.63, 3.8) is 0 Å². The zero-order valence-electron chi connectivity index (χ0n) is 13.3. The van der Waals surface area contributed by atoms with Gasteiger partial charge < -0.3 is 0 Å². The minimum absolute atomic E-state index is 0.156. The van der Waals surface area contributed by atoms with Gasteiger partial charge in [-0.1, -0.05) is 41.6 Å². The second-order valence-electron chi connectivity index (χ2n) is 5.51. The molecule has 0 amide bonds. The van der Waals surface area contributed by atoms with E-state index in [0.717, 1.165) is 22.2 Å². The molecule has 0 aliphatic rings. The van der Waals surface area contributed by atoms with Crippen molar-refractivity contribution in [2.75, 3.05) is 0 Å². The predicted octanol–water partition coefficient (Wildman–Crippen LogP) is 4.88. The maximum atomic E-state index is 13.1. The fourth-order valence-corrected chi connectivity index (χ4v) is 3.41. The Bertz CT molecular complexity index is 794. The van der Waals surface area contributed by atoms with Crippen molar-refractivity contribution in [1.82, 2.24) is 14.8 Å². The number of benzene rings is 2. The van der Waals surface area contributed by atoms with Crippen LogP contribution >= 0.6 is 11.8 Å². The Morgan fingerprint density at radius 1 is 0.957 bits per heavy atom. The lowest BCUT2D eigenvalue weighted by Gasteiger charge is -2.13. The Hall–Kier alpha value is -2.14. The monoisotopic (exact) mass is 327 g/mol. The van der Waals surface area contributed by atoms with Gasteiger partial charge >= 0.3 is 0 Å². The van der Waals surface area contributed by atoms with E-state index < -0.39 is 0 Å². The maximum absolute atomic E-state index is 13.1. The van der Waals surface area contributed by atoms with Gasteiger partial charge in [0.15, 0.2) is 5.16 Å². The molecule has 118 valence electrons. The second-order valence-corrected chi connectivity index (χ2v) is 6.82. The molecule has 1 aromatic heterocycles. The summed E-state index contributed by atoms with van der Waals surface area (Å²) in [6.07, 6.45) is 0. The number of halogens is 1. The first kappa shape index (κ1) is 15.7. The van der Waals surface area contributed by atoms with Crippen molar-refractivity contribution >= 4 is 11.8 Å². The lowest BCUT2D eigenvalue weighted by atomic mass is 10.2. The van der Waals surface area contributed by atoms with Crippen molar-refractivity contribution in [2.45, 2.75) is 31.2 Å². The second kappa shape index (κ2) is 6.54. The van der Waals surface area contributed by atoms with Crippen LogP contribution in [0.25, 0.3) is 5.69 Å². The van der Waals surface area contributed by atoms with Crippen LogP contribution in [0.5, 0.6) is 0 Å². The average Bonchev–Trinajstić information content (AvgIpc) is 2.89. The molecular weight excluding hydrogens is 309 g/mol. The SMILES string of the molecule is Cc1ccc(-n2c(C)nnc2SC(C)c2ccc(F)cc2)cc1. The molecule has 0 radical (unpaired) electrons. The molecule has 1 atom stereocenters. The summed E-state index contributed by atoms with van der Waals surface area (Å²) < 4.78 is 15.1. The number of aromatic nitrogens is 3. The highest BCUT2D eigenvalue weighted by Crippen LogP contribution is 2.35. The highest BCUT2D eigenvalue weighted by Gasteiger charge is 2.16. The summed E-state index contributed by atoms with van der Waals surface area (Å²) in [5.74, 6) is 0.632. The molecule has 0 aliphatic carbocycles. The van der Waals surface area contributed by atoms with Crippen molar-refractivity contribution in [1.29, 1.82) is 0 Å². The molecule has 23 heavy (non-hydrogen) atoms. The van der Waals surface area contributed by atoms with Crippen LogP contribution in [0, 0.1) is 19.7 Å². The largest absolute Gasteiger partial charge is 0.274 e. The number of rotatable bonds is 4. The Morgan fingerprint density at radius 2 is 1.61 bits per heavy atom. The third-order valence-corrected chi connectivity index (χ3v) is 4.81. The standard InChI is InChI=1S/C18H18FN3S/c1-12-4-10-17(11-5-12)22-14(3)20-21-18(22)23-13(2)15-6-8-16(19)9-7-15/h4-11,13H,1-3H3. The van der Waals surface area contributed by atoms with E-state index in [0.29, 0.717) is 0 Å². The zero-order valence-corrected chi connectivity index (χ0v) is 14.1. The van der Waals surface area contributed by atoms with E-state index in [1.54, 1.807) is 11.8 Å². The molecule has 3 nitrogen and oxygen atoms in total. The van der Waals surface area contributed by atoms with E-state index in [9.17, 15) is 4.39 Å². The predicted molar refractivity (Wildman–Crippen MR) is 91.5 cm³/mol. The number of aryl methyl sites for hydroxylation is 2. The summed E-state index contributed by atoms with van der Waals surface area (Å²) in [6, 6.07) is 14.9. The first-order valence-electron chi connectivity index (χ1n) is 7.46. The fraction of sp³-hybridized carbons (Fsp3) is 0.222. The third kappa shape index (κ3) is 3.45. The molecule has 0 saturated carbocycles. The number of hydrogen-bond acceptors (Lipinski definition) is 3. The molecule has 0 N–H and O–H groups in total. The van der Waals surface area contributed by atoms with Crippen molar-refractivity contribution in [3.8, 4) is 5.69 Å². The molecule has 3 aromatic rings. The number of hydrogen-bond donors (Lipinski definition) is 0. The Kier molecular flexibility index (Phi) is 4.48. The van der Waals surface area contributed by atoms with Gasteiger partial charge in [-0.25, -0.2) is 4.39 Å². The van der Waals surface area contributed by atoms with Gasteiger partial charge in [0.25, 0.3) is 0 Å². The van der Waals surface area contributed by atoms with Gasteiger partial charge in [-0.15, -0.1) is 10.2 Å². The summed E-state index contributed by atoms with van der Waals surface area (Å²) in [6.45, 7) is 6.09. The summed E-state index contributed by atoms with van der Waals surface area (Å²) in [7, 11) is 0. The van der Waals surface area contributed by atoms with Crippen molar-refractivity contribution in [3.05, 3.63) is 71.3 Å². The quantitative estimate of drug-likeness (QED) is 0.640. The van der Waals surface area contributed by atoms with Crippen LogP contribution in [0.15, 0.2) is 53.7 Å². The highest BCUT2D eigenvalue weighted by atomic mass is 32.2. The number of thioether (sulfide) groups is 1. The first-order valence-corrected chi connectivity index (χ1v) is 8.34. The molecule has 5 heteroatoms. The van der Waals surface area contributed by atoms with Crippen molar-refractivity contribution < 1.29 is 4.39 Å². The summed E-state index contributed by atoms with van der Waals surface area (Å²) >= 11 is 1.62. The van der Waals surface area contributed by atoms with Gasteiger partial charge in [0.1, 0.15) is 11.6 Å². The van der Waals surface area contributed by atoms with Crippen molar-refractivity contribution in [2.24, 2.45) is 0 Å². The van der Waals surface area contributed by atoms with Gasteiger partial charge in [-0.3, -0.25) is 4.57 Å². The number of nitrogens with zero attached hydrogens (tertiary/aromatic N) is 3. The molecule has 0 bridgehead atoms. The van der Waals surface area contributed by atoms with Crippen LogP contribution < -0.4 is 0 Å². The van der Waals surface area contributed by atoms with Crippen LogP contribution in [0.1, 0.15) is 29.1 Å². The normalized spacial score (nSPS) is 12.3. The lowest BCUT2D eigenvalue weighted by molar-refractivity contribution is 0.627. The van der Waals surface area contributed by atoms with E-state index in [1.807, 2.05) is 23.6 Å². The molecule has 3 rings (SSSR count). The summed E-state index contributed by atoms with van der Waals surface area (Å²) in [5, 5.41) is 9.50. The van der Waals surface area contributed by atoms with Gasteiger partial charge in [0.05, 0.1) is 0 Å². The molecule has 1 unspecified atom stereocenters. The average molecular weight is 327 g/mol. The van der Waals surface area contributed by atoms with E-state index in [2.05, 4.69) is 48.3 Å². The lowest BCUT2D eigenvalue weighted by Crippen LogP contribution is -2.00. The van der Waals surface area contributed by atoms with E-state index in [-0.39, 0.29) is 11.1 Å². The summed E-state index contributed by atoms with van der Waals surface area (Å²) in [5.41, 5.74) is 3.33. The molecular formula is C18H18FN3S. The fourth-order valence-electron chi connectivity index (χ4n) is 2.37. The molecule has 1 heterocycles. The Morgan fingerprint density at radius 3 is 2.26 bits per heavy atom. The third-order valence-electron chi connectivity index (χ3n) is 3.71.